The van der Waals surface area contributed by atoms with Gasteiger partial charge in [-0.15, -0.1) is 0 Å². The molecule has 15 rings (SSSR count). The monoisotopic (exact) mass is 1180 g/mol. The zero-order chi connectivity index (χ0) is 63.4. The van der Waals surface area contributed by atoms with Gasteiger partial charge < -0.3 is 18.8 Å². The lowest BCUT2D eigenvalue weighted by atomic mass is 9.33. The Hall–Kier alpha value is -9.32. The summed E-state index contributed by atoms with van der Waals surface area (Å²) in [6.45, 7) is 34.5. The summed E-state index contributed by atoms with van der Waals surface area (Å²) in [4.78, 5) is 2.59. The lowest BCUT2D eigenvalue weighted by Gasteiger charge is -2.42. The van der Waals surface area contributed by atoms with E-state index in [9.17, 15) is 0 Å². The average Bonchev–Trinajstić information content (AvgIpc) is 1.69. The molecule has 0 unspecified atom stereocenters. The highest BCUT2D eigenvalue weighted by atomic mass is 16.5. The molecule has 0 aliphatic carbocycles. The lowest BCUT2D eigenvalue weighted by Crippen LogP contribution is -2.59. The third-order valence-electron chi connectivity index (χ3n) is 19.8. The van der Waals surface area contributed by atoms with Gasteiger partial charge >= 0.3 is 0 Å². The molecule has 0 fully saturated rings. The summed E-state index contributed by atoms with van der Waals surface area (Å²) in [5.41, 5.74) is 27.2. The van der Waals surface area contributed by atoms with Crippen LogP contribution in [0.2, 0.25) is 0 Å². The van der Waals surface area contributed by atoms with E-state index in [0.717, 1.165) is 62.1 Å². The molecule has 13 aromatic rings. The predicted molar refractivity (Wildman–Crippen MR) is 391 cm³/mol. The smallest absolute Gasteiger partial charge is 0.257 e. The van der Waals surface area contributed by atoms with E-state index in [2.05, 4.69) is 342 Å². The van der Waals surface area contributed by atoms with Crippen molar-refractivity contribution in [1.82, 2.24) is 9.13 Å². The van der Waals surface area contributed by atoms with Crippen LogP contribution in [-0.2, 0) is 27.1 Å². The highest BCUT2D eigenvalue weighted by molar-refractivity contribution is 7.00. The van der Waals surface area contributed by atoms with Gasteiger partial charge in [0, 0.05) is 55.3 Å². The van der Waals surface area contributed by atoms with Crippen LogP contribution in [-0.4, -0.2) is 15.8 Å². The Labute approximate surface area is 538 Å². The topological polar surface area (TPSA) is 22.3 Å². The average molecular weight is 1180 g/mol. The van der Waals surface area contributed by atoms with Crippen molar-refractivity contribution in [1.29, 1.82) is 0 Å². The maximum atomic E-state index is 7.62. The van der Waals surface area contributed by atoms with E-state index < -0.39 is 0 Å². The summed E-state index contributed by atoms with van der Waals surface area (Å²) in [6.07, 6.45) is 0. The van der Waals surface area contributed by atoms with Gasteiger partial charge in [-0.2, -0.15) is 0 Å². The van der Waals surface area contributed by atoms with E-state index in [1.807, 2.05) is 0 Å². The highest BCUT2D eigenvalue weighted by Gasteiger charge is 2.45. The highest BCUT2D eigenvalue weighted by Crippen LogP contribution is 2.50. The number of benzene rings is 11. The molecule has 11 aromatic carbocycles. The predicted octanol–water partition coefficient (Wildman–Crippen LogP) is 21.8. The molecule has 0 amide bonds. The largest absolute Gasteiger partial charge is 0.458 e. The zero-order valence-corrected chi connectivity index (χ0v) is 55.7. The zero-order valence-electron chi connectivity index (χ0n) is 55.7. The van der Waals surface area contributed by atoms with Crippen molar-refractivity contribution < 1.29 is 4.74 Å². The Balaban J connectivity index is 1.05. The van der Waals surface area contributed by atoms with Gasteiger partial charge in [-0.3, -0.25) is 0 Å². The number of nitrogens with zero attached hydrogens (tertiary/aromatic N) is 3. The Kier molecular flexibility index (Phi) is 13.2. The van der Waals surface area contributed by atoms with E-state index in [0.29, 0.717) is 0 Å². The van der Waals surface area contributed by atoms with Crippen LogP contribution in [0.15, 0.2) is 224 Å². The number of aromatic nitrogens is 2. The molecule has 0 atom stereocenters. The van der Waals surface area contributed by atoms with Crippen molar-refractivity contribution in [3.05, 3.63) is 252 Å². The van der Waals surface area contributed by atoms with Crippen molar-refractivity contribution >= 4 is 83.8 Å². The molecule has 0 saturated heterocycles. The van der Waals surface area contributed by atoms with Crippen LogP contribution in [0, 0.1) is 0 Å². The van der Waals surface area contributed by atoms with E-state index in [1.165, 1.54) is 99.0 Å². The maximum absolute atomic E-state index is 7.62. The van der Waals surface area contributed by atoms with Gasteiger partial charge in [-0.1, -0.05) is 256 Å². The van der Waals surface area contributed by atoms with Crippen molar-refractivity contribution in [2.75, 3.05) is 4.90 Å². The van der Waals surface area contributed by atoms with E-state index in [-0.39, 0.29) is 33.8 Å². The Bertz CT molecular complexity index is 4930. The summed E-state index contributed by atoms with van der Waals surface area (Å²) in [5.74, 6) is 1.78. The van der Waals surface area contributed by atoms with Gasteiger partial charge in [0.25, 0.3) is 6.71 Å². The first kappa shape index (κ1) is 58.1. The SMILES string of the molecule is CC(C)(C)c1ccc(-c2cccc(-c3ccc(C(C)(C)C)cc3)c2-n2c3ccccc3c3c4c(ccc32)Oc2cc(C(C)(C)C)cc3c2B4c2ccc(-n4c5ccc(C(C)(C)C)cc5c5cc(C(C)(C)C)ccc54)cc2N3c2ccccc2-c2ccccc2)cc1. The Morgan fingerprint density at radius 3 is 1.38 bits per heavy atom. The van der Waals surface area contributed by atoms with Crippen molar-refractivity contribution in [3.63, 3.8) is 0 Å². The number of anilines is 3. The fraction of sp³-hybridized carbons (Fsp3) is 0.233. The molecule has 2 aromatic heterocycles. The number of para-hydroxylation sites is 3. The standard InChI is InChI=1S/C86H82BN3O/c1-82(2,3)56-36-32-54(33-37-56)63-28-23-29-64(55-34-38-57(39-35-55)83(4,5)6)81(63)90-70-31-22-20-27-65(70)78-73(90)46-47-76-80(78)87-68-43-42-61(88-71-44-40-58(84(7,8)9)48-66(71)67-49-59(85(10,11)12)41-45-72(67)88)52-74(68)89(69-30-21-19-26-62(69)53-24-17-16-18-25-53)75-50-60(86(13,14)15)51-77(91-76)79(75)87/h16-52H,1-15H3. The first-order valence-electron chi connectivity index (χ1n) is 32.8. The van der Waals surface area contributed by atoms with Gasteiger partial charge in [-0.05, 0) is 161 Å². The van der Waals surface area contributed by atoms with Crippen LogP contribution in [0.5, 0.6) is 11.5 Å². The molecule has 0 bridgehead atoms. The first-order chi connectivity index (χ1) is 43.3. The second-order valence-electron chi connectivity index (χ2n) is 31.0. The van der Waals surface area contributed by atoms with Crippen LogP contribution in [0.4, 0.5) is 17.1 Å². The number of ether oxygens (including phenoxy) is 1. The molecule has 0 N–H and O–H groups in total. The Morgan fingerprint density at radius 2 is 0.802 bits per heavy atom. The molecule has 5 heteroatoms. The second-order valence-corrected chi connectivity index (χ2v) is 31.0. The fourth-order valence-corrected chi connectivity index (χ4v) is 14.7. The Morgan fingerprint density at radius 1 is 0.308 bits per heavy atom. The fourth-order valence-electron chi connectivity index (χ4n) is 14.7. The summed E-state index contributed by atoms with van der Waals surface area (Å²) >= 11 is 0. The van der Waals surface area contributed by atoms with Gasteiger partial charge in [-0.25, -0.2) is 0 Å². The van der Waals surface area contributed by atoms with Crippen LogP contribution in [0.3, 0.4) is 0 Å². The van der Waals surface area contributed by atoms with Gasteiger partial charge in [0.05, 0.1) is 33.4 Å². The molecule has 2 aliphatic heterocycles. The van der Waals surface area contributed by atoms with Gasteiger partial charge in [0.15, 0.2) is 0 Å². The van der Waals surface area contributed by atoms with E-state index >= 15 is 0 Å². The summed E-state index contributed by atoms with van der Waals surface area (Å²) in [7, 11) is 0. The molecule has 2 aliphatic rings. The minimum atomic E-state index is -0.221. The van der Waals surface area contributed by atoms with Crippen LogP contribution in [0.1, 0.15) is 132 Å². The third kappa shape index (κ3) is 9.55. The molecule has 450 valence electrons. The molecule has 4 nitrogen and oxygen atoms in total. The second kappa shape index (κ2) is 20.6. The number of hydrogen-bond acceptors (Lipinski definition) is 2. The molecule has 91 heavy (non-hydrogen) atoms. The summed E-state index contributed by atoms with van der Waals surface area (Å²) in [6, 6.07) is 85.8. The van der Waals surface area contributed by atoms with Gasteiger partial charge in [0.1, 0.15) is 11.5 Å². The van der Waals surface area contributed by atoms with Crippen LogP contribution < -0.4 is 26.0 Å². The minimum Gasteiger partial charge on any atom is -0.458 e. The van der Waals surface area contributed by atoms with Crippen molar-refractivity contribution in [3.8, 4) is 56.3 Å². The number of hydrogen-bond donors (Lipinski definition) is 0. The summed E-state index contributed by atoms with van der Waals surface area (Å²) < 4.78 is 12.7. The molecule has 0 saturated carbocycles. The summed E-state index contributed by atoms with van der Waals surface area (Å²) in [5, 5.41) is 4.92. The van der Waals surface area contributed by atoms with E-state index in [1.54, 1.807) is 0 Å². The third-order valence-corrected chi connectivity index (χ3v) is 19.8. The number of rotatable bonds is 6. The first-order valence-corrected chi connectivity index (χ1v) is 32.8. The van der Waals surface area contributed by atoms with Crippen molar-refractivity contribution in [2.45, 2.75) is 131 Å². The molecular weight excluding hydrogens is 1100 g/mol. The van der Waals surface area contributed by atoms with Crippen LogP contribution in [0.25, 0.3) is 88.4 Å². The lowest BCUT2D eigenvalue weighted by molar-refractivity contribution is 0.484. The quantitative estimate of drug-likeness (QED) is 0.155. The van der Waals surface area contributed by atoms with Gasteiger partial charge in [0.2, 0.25) is 0 Å². The molecular formula is C86H82BN3O. The normalized spacial score (nSPS) is 13.5. The number of fused-ring (bicyclic) bond motifs is 11. The van der Waals surface area contributed by atoms with E-state index in [4.69, 9.17) is 4.74 Å². The molecule has 0 spiro atoms. The van der Waals surface area contributed by atoms with Crippen molar-refractivity contribution in [2.24, 2.45) is 0 Å². The minimum absolute atomic E-state index is 0.0123. The molecule has 0 radical (unpaired) electrons. The maximum Gasteiger partial charge on any atom is 0.257 e. The molecule has 4 heterocycles. The van der Waals surface area contributed by atoms with Crippen LogP contribution >= 0.6 is 0 Å².